The predicted octanol–water partition coefficient (Wildman–Crippen LogP) is 1.08. The Hall–Kier alpha value is -1.40. The Labute approximate surface area is 108 Å². The largest absolute Gasteiger partial charge is 0.342 e. The van der Waals surface area contributed by atoms with Gasteiger partial charge in [-0.05, 0) is 25.1 Å². The second kappa shape index (κ2) is 5.97. The lowest BCUT2D eigenvalue weighted by atomic mass is 10.2. The van der Waals surface area contributed by atoms with E-state index in [0.29, 0.717) is 18.7 Å². The van der Waals surface area contributed by atoms with Gasteiger partial charge in [-0.1, -0.05) is 13.0 Å². The lowest BCUT2D eigenvalue weighted by Gasteiger charge is -2.15. The summed E-state index contributed by atoms with van der Waals surface area (Å²) in [5, 5.41) is 0. The number of carbonyl (C=O) groups excluding carboxylic acids is 1. The number of nitrogens with zero attached hydrogens (tertiary/aromatic N) is 1. The maximum absolute atomic E-state index is 11.9. The van der Waals surface area contributed by atoms with Gasteiger partial charge in [-0.25, -0.2) is 13.1 Å². The van der Waals surface area contributed by atoms with Crippen LogP contribution in [0.3, 0.4) is 0 Å². The molecule has 0 aliphatic heterocycles. The van der Waals surface area contributed by atoms with Crippen LogP contribution in [0.1, 0.15) is 24.2 Å². The highest BCUT2D eigenvalue weighted by Gasteiger charge is 2.16. The second-order valence-corrected chi connectivity index (χ2v) is 5.62. The van der Waals surface area contributed by atoms with Crippen molar-refractivity contribution in [2.45, 2.75) is 18.7 Å². The lowest BCUT2D eigenvalue weighted by Crippen LogP contribution is -2.27. The van der Waals surface area contributed by atoms with Gasteiger partial charge in [-0.2, -0.15) is 0 Å². The van der Waals surface area contributed by atoms with E-state index in [4.69, 9.17) is 0 Å². The van der Waals surface area contributed by atoms with Gasteiger partial charge in [0.25, 0.3) is 5.91 Å². The minimum absolute atomic E-state index is 0.111. The molecule has 1 amide bonds. The zero-order chi connectivity index (χ0) is 13.8. The fourth-order valence-corrected chi connectivity index (χ4v) is 2.52. The van der Waals surface area contributed by atoms with Crippen molar-refractivity contribution in [2.75, 3.05) is 20.1 Å². The Bertz CT molecular complexity index is 526. The van der Waals surface area contributed by atoms with Crippen molar-refractivity contribution in [2.24, 2.45) is 0 Å². The topological polar surface area (TPSA) is 66.5 Å². The van der Waals surface area contributed by atoms with Gasteiger partial charge >= 0.3 is 0 Å². The molecule has 0 radical (unpaired) electrons. The Morgan fingerprint density at radius 2 is 2.00 bits per heavy atom. The molecular formula is C12H18N2O3S. The molecule has 100 valence electrons. The van der Waals surface area contributed by atoms with E-state index < -0.39 is 10.0 Å². The minimum atomic E-state index is -3.52. The van der Waals surface area contributed by atoms with Crippen LogP contribution in [0, 0.1) is 0 Å². The summed E-state index contributed by atoms with van der Waals surface area (Å²) < 4.78 is 26.0. The minimum Gasteiger partial charge on any atom is -0.342 e. The third-order valence-corrected chi connectivity index (χ3v) is 4.09. The smallest absolute Gasteiger partial charge is 0.253 e. The van der Waals surface area contributed by atoms with E-state index >= 15 is 0 Å². The molecule has 0 unspecified atom stereocenters. The Balaban J connectivity index is 3.11. The summed E-state index contributed by atoms with van der Waals surface area (Å²) in [6.07, 6.45) is 0. The van der Waals surface area contributed by atoms with Crippen molar-refractivity contribution >= 4 is 15.9 Å². The van der Waals surface area contributed by atoms with Crippen molar-refractivity contribution in [3.8, 4) is 0 Å². The van der Waals surface area contributed by atoms with Crippen LogP contribution in [0.4, 0.5) is 0 Å². The van der Waals surface area contributed by atoms with Crippen LogP contribution in [0.5, 0.6) is 0 Å². The Morgan fingerprint density at radius 1 is 1.33 bits per heavy atom. The van der Waals surface area contributed by atoms with E-state index in [1.165, 1.54) is 17.0 Å². The van der Waals surface area contributed by atoms with Crippen LogP contribution in [0.15, 0.2) is 29.2 Å². The fourth-order valence-electron chi connectivity index (χ4n) is 1.43. The number of carbonyl (C=O) groups is 1. The monoisotopic (exact) mass is 270 g/mol. The van der Waals surface area contributed by atoms with E-state index in [9.17, 15) is 13.2 Å². The van der Waals surface area contributed by atoms with Crippen molar-refractivity contribution in [1.82, 2.24) is 9.62 Å². The fraction of sp³-hybridized carbons (Fsp3) is 0.417. The van der Waals surface area contributed by atoms with Crippen molar-refractivity contribution in [1.29, 1.82) is 0 Å². The first-order valence-corrected chi connectivity index (χ1v) is 7.26. The van der Waals surface area contributed by atoms with Gasteiger partial charge in [0.2, 0.25) is 10.0 Å². The molecule has 0 aromatic heterocycles. The second-order valence-electron chi connectivity index (χ2n) is 3.85. The van der Waals surface area contributed by atoms with Gasteiger partial charge in [-0.3, -0.25) is 4.79 Å². The number of nitrogens with one attached hydrogen (secondary N) is 1. The summed E-state index contributed by atoms with van der Waals surface area (Å²) >= 11 is 0. The van der Waals surface area contributed by atoms with E-state index in [-0.39, 0.29) is 10.8 Å². The van der Waals surface area contributed by atoms with E-state index in [1.54, 1.807) is 26.1 Å². The number of amides is 1. The molecule has 0 saturated carbocycles. The van der Waals surface area contributed by atoms with Gasteiger partial charge < -0.3 is 4.90 Å². The first-order valence-electron chi connectivity index (χ1n) is 5.77. The molecule has 0 fully saturated rings. The first kappa shape index (κ1) is 14.7. The summed E-state index contributed by atoms with van der Waals surface area (Å²) in [5.74, 6) is -0.189. The van der Waals surface area contributed by atoms with Crippen LogP contribution >= 0.6 is 0 Å². The number of benzene rings is 1. The van der Waals surface area contributed by atoms with E-state index in [0.717, 1.165) is 0 Å². The van der Waals surface area contributed by atoms with Gasteiger partial charge in [0.15, 0.2) is 0 Å². The summed E-state index contributed by atoms with van der Waals surface area (Å²) in [6, 6.07) is 6.05. The molecule has 0 heterocycles. The van der Waals surface area contributed by atoms with Gasteiger partial charge in [0.1, 0.15) is 0 Å². The van der Waals surface area contributed by atoms with Crippen LogP contribution in [-0.2, 0) is 10.0 Å². The van der Waals surface area contributed by atoms with E-state index in [2.05, 4.69) is 4.72 Å². The average Bonchev–Trinajstić information content (AvgIpc) is 2.37. The predicted molar refractivity (Wildman–Crippen MR) is 69.9 cm³/mol. The third kappa shape index (κ3) is 3.30. The number of sulfonamides is 1. The molecule has 0 spiro atoms. The normalized spacial score (nSPS) is 11.3. The number of hydrogen-bond acceptors (Lipinski definition) is 3. The highest BCUT2D eigenvalue weighted by atomic mass is 32.2. The molecule has 0 atom stereocenters. The molecule has 1 N–H and O–H groups in total. The summed E-state index contributed by atoms with van der Waals surface area (Å²) in [7, 11) is -1.85. The van der Waals surface area contributed by atoms with Gasteiger partial charge in [0, 0.05) is 25.7 Å². The highest BCUT2D eigenvalue weighted by molar-refractivity contribution is 7.89. The van der Waals surface area contributed by atoms with Gasteiger partial charge in [-0.15, -0.1) is 0 Å². The molecule has 1 aromatic carbocycles. The van der Waals surface area contributed by atoms with Crippen LogP contribution in [0.2, 0.25) is 0 Å². The van der Waals surface area contributed by atoms with Crippen LogP contribution < -0.4 is 4.72 Å². The van der Waals surface area contributed by atoms with E-state index in [1.807, 2.05) is 6.92 Å². The molecule has 0 saturated heterocycles. The van der Waals surface area contributed by atoms with Gasteiger partial charge in [0.05, 0.1) is 4.90 Å². The van der Waals surface area contributed by atoms with Crippen LogP contribution in [0.25, 0.3) is 0 Å². The first-order chi connectivity index (χ1) is 8.42. The number of rotatable bonds is 5. The molecule has 0 aliphatic carbocycles. The molecule has 18 heavy (non-hydrogen) atoms. The highest BCUT2D eigenvalue weighted by Crippen LogP contribution is 2.12. The van der Waals surface area contributed by atoms with Crippen molar-refractivity contribution in [3.63, 3.8) is 0 Å². The third-order valence-electron chi connectivity index (χ3n) is 2.55. The average molecular weight is 270 g/mol. The number of hydrogen-bond donors (Lipinski definition) is 1. The summed E-state index contributed by atoms with van der Waals surface area (Å²) in [6.45, 7) is 4.45. The maximum Gasteiger partial charge on any atom is 0.253 e. The summed E-state index contributed by atoms with van der Waals surface area (Å²) in [4.78, 5) is 13.6. The van der Waals surface area contributed by atoms with Crippen molar-refractivity contribution in [3.05, 3.63) is 29.8 Å². The Morgan fingerprint density at radius 3 is 2.56 bits per heavy atom. The molecule has 0 aliphatic rings. The van der Waals surface area contributed by atoms with Crippen molar-refractivity contribution < 1.29 is 13.2 Å². The van der Waals surface area contributed by atoms with Crippen LogP contribution in [-0.4, -0.2) is 39.4 Å². The molecule has 0 bridgehead atoms. The quantitative estimate of drug-likeness (QED) is 0.870. The standard InChI is InChI=1S/C12H18N2O3S/c1-4-13-18(16,17)11-8-6-7-10(9-11)12(15)14(3)5-2/h6-9,13H,4-5H2,1-3H3. The zero-order valence-corrected chi connectivity index (χ0v) is 11.6. The lowest BCUT2D eigenvalue weighted by molar-refractivity contribution is 0.0802. The molecule has 1 aromatic rings. The molecule has 5 nitrogen and oxygen atoms in total. The molecular weight excluding hydrogens is 252 g/mol. The molecule has 1 rings (SSSR count). The maximum atomic E-state index is 11.9. The zero-order valence-electron chi connectivity index (χ0n) is 10.8. The SMILES string of the molecule is CCNS(=O)(=O)c1cccc(C(=O)N(C)CC)c1. The summed E-state index contributed by atoms with van der Waals surface area (Å²) in [5.41, 5.74) is 0.373. The molecule has 6 heteroatoms. The Kier molecular flexibility index (Phi) is 4.86.